The highest BCUT2D eigenvalue weighted by Crippen LogP contribution is 2.22. The first-order valence-corrected chi connectivity index (χ1v) is 8.69. The number of hydrogen-bond donors (Lipinski definition) is 0. The molecule has 0 atom stereocenters. The van der Waals surface area contributed by atoms with E-state index in [0.717, 1.165) is 30.7 Å². The van der Waals surface area contributed by atoms with Crippen LogP contribution < -0.4 is 0 Å². The maximum absolute atomic E-state index is 12.0. The zero-order valence-electron chi connectivity index (χ0n) is 13.8. The first-order valence-electron chi connectivity index (χ1n) is 8.32. The van der Waals surface area contributed by atoms with Crippen molar-refractivity contribution in [2.45, 2.75) is 78.1 Å². The zero-order chi connectivity index (χ0) is 15.7. The standard InChI is InChI=1S/C17H29ClN2O/c1-4-6-7-8-9-10-11-12-14(21)13-16-17(18)15(5-2)19-20(16)3/h4-13H2,1-3H3. The topological polar surface area (TPSA) is 34.9 Å². The predicted octanol–water partition coefficient (Wildman–Crippen LogP) is 4.89. The molecule has 0 amide bonds. The van der Waals surface area contributed by atoms with Gasteiger partial charge in [0.05, 0.1) is 16.4 Å². The van der Waals surface area contributed by atoms with E-state index in [1.165, 1.54) is 32.1 Å². The molecule has 0 aliphatic carbocycles. The van der Waals surface area contributed by atoms with E-state index in [9.17, 15) is 4.79 Å². The fraction of sp³-hybridized carbons (Fsp3) is 0.765. The van der Waals surface area contributed by atoms with Crippen molar-refractivity contribution in [3.63, 3.8) is 0 Å². The Kier molecular flexibility index (Phi) is 8.67. The molecule has 0 N–H and O–H groups in total. The molecule has 0 radical (unpaired) electrons. The zero-order valence-corrected chi connectivity index (χ0v) is 14.5. The highest BCUT2D eigenvalue weighted by atomic mass is 35.5. The van der Waals surface area contributed by atoms with Gasteiger partial charge in [0.15, 0.2) is 0 Å². The van der Waals surface area contributed by atoms with Gasteiger partial charge in [0, 0.05) is 19.9 Å². The third-order valence-electron chi connectivity index (χ3n) is 3.93. The van der Waals surface area contributed by atoms with Crippen LogP contribution in [0.15, 0.2) is 0 Å². The maximum Gasteiger partial charge on any atom is 0.138 e. The number of ketones is 1. The second-order valence-corrected chi connectivity index (χ2v) is 6.15. The summed E-state index contributed by atoms with van der Waals surface area (Å²) in [6.45, 7) is 4.25. The monoisotopic (exact) mass is 312 g/mol. The van der Waals surface area contributed by atoms with Crippen LogP contribution in [-0.4, -0.2) is 15.6 Å². The predicted molar refractivity (Wildman–Crippen MR) is 88.9 cm³/mol. The first-order chi connectivity index (χ1) is 10.1. The van der Waals surface area contributed by atoms with Gasteiger partial charge in [-0.15, -0.1) is 0 Å². The second-order valence-electron chi connectivity index (χ2n) is 5.77. The quantitative estimate of drug-likeness (QED) is 0.545. The number of unbranched alkanes of at least 4 members (excludes halogenated alkanes) is 6. The number of halogens is 1. The largest absolute Gasteiger partial charge is 0.299 e. The second kappa shape index (κ2) is 9.99. The van der Waals surface area contributed by atoms with E-state index in [1.807, 2.05) is 14.0 Å². The van der Waals surface area contributed by atoms with Gasteiger partial charge in [-0.3, -0.25) is 9.48 Å². The molecule has 120 valence electrons. The number of carbonyl (C=O) groups excluding carboxylic acids is 1. The van der Waals surface area contributed by atoms with Gasteiger partial charge in [0.2, 0.25) is 0 Å². The van der Waals surface area contributed by atoms with E-state index in [-0.39, 0.29) is 5.78 Å². The highest BCUT2D eigenvalue weighted by molar-refractivity contribution is 6.32. The lowest BCUT2D eigenvalue weighted by Crippen LogP contribution is -2.07. The molecule has 0 saturated carbocycles. The molecular formula is C17H29ClN2O. The molecule has 4 heteroatoms. The minimum atomic E-state index is 0.274. The molecule has 0 aliphatic rings. The van der Waals surface area contributed by atoms with E-state index in [1.54, 1.807) is 4.68 Å². The Hall–Kier alpha value is -0.830. The Morgan fingerprint density at radius 2 is 1.71 bits per heavy atom. The lowest BCUT2D eigenvalue weighted by molar-refractivity contribution is -0.118. The van der Waals surface area contributed by atoms with Gasteiger partial charge in [-0.2, -0.15) is 5.10 Å². The number of aromatic nitrogens is 2. The first kappa shape index (κ1) is 18.2. The minimum absolute atomic E-state index is 0.274. The normalized spacial score (nSPS) is 11.0. The molecule has 0 bridgehead atoms. The lowest BCUT2D eigenvalue weighted by atomic mass is 10.0. The summed E-state index contributed by atoms with van der Waals surface area (Å²) < 4.78 is 1.75. The van der Waals surface area contributed by atoms with Crippen molar-refractivity contribution in [1.29, 1.82) is 0 Å². The van der Waals surface area contributed by atoms with E-state index in [2.05, 4.69) is 12.0 Å². The van der Waals surface area contributed by atoms with Crippen molar-refractivity contribution in [2.75, 3.05) is 0 Å². The molecule has 3 nitrogen and oxygen atoms in total. The summed E-state index contributed by atoms with van der Waals surface area (Å²) >= 11 is 6.27. The van der Waals surface area contributed by atoms with E-state index >= 15 is 0 Å². The molecule has 0 unspecified atom stereocenters. The third-order valence-corrected chi connectivity index (χ3v) is 4.36. The van der Waals surface area contributed by atoms with Crippen molar-refractivity contribution < 1.29 is 4.79 Å². The van der Waals surface area contributed by atoms with Crippen LogP contribution in [0.4, 0.5) is 0 Å². The molecular weight excluding hydrogens is 284 g/mol. The van der Waals surface area contributed by atoms with Crippen molar-refractivity contribution in [2.24, 2.45) is 7.05 Å². The van der Waals surface area contributed by atoms with Crippen molar-refractivity contribution in [1.82, 2.24) is 9.78 Å². The summed E-state index contributed by atoms with van der Waals surface area (Å²) in [5.74, 6) is 0.274. The Labute approximate surface area is 134 Å². The molecule has 1 heterocycles. The van der Waals surface area contributed by atoms with Crippen molar-refractivity contribution in [3.8, 4) is 0 Å². The molecule has 1 aromatic heterocycles. The average molecular weight is 313 g/mol. The SMILES string of the molecule is CCCCCCCCCC(=O)Cc1c(Cl)c(CC)nn1C. The Balaban J connectivity index is 2.26. The summed E-state index contributed by atoms with van der Waals surface area (Å²) in [5, 5.41) is 5.03. The summed E-state index contributed by atoms with van der Waals surface area (Å²) in [4.78, 5) is 12.0. The summed E-state index contributed by atoms with van der Waals surface area (Å²) in [7, 11) is 1.86. The fourth-order valence-corrected chi connectivity index (χ4v) is 2.93. The van der Waals surface area contributed by atoms with Crippen molar-refractivity contribution >= 4 is 17.4 Å². The fourth-order valence-electron chi connectivity index (χ4n) is 2.57. The molecule has 21 heavy (non-hydrogen) atoms. The van der Waals surface area contributed by atoms with Gasteiger partial charge in [-0.05, 0) is 12.8 Å². The number of rotatable bonds is 11. The lowest BCUT2D eigenvalue weighted by Gasteiger charge is -2.03. The molecule has 0 aromatic carbocycles. The summed E-state index contributed by atoms with van der Waals surface area (Å²) in [6.07, 6.45) is 10.5. The number of aryl methyl sites for hydroxylation is 2. The number of Topliss-reactive ketones (excluding diaryl/α,β-unsaturated/α-hetero) is 1. The van der Waals surface area contributed by atoms with Crippen LogP contribution in [0, 0.1) is 0 Å². The van der Waals surface area contributed by atoms with Gasteiger partial charge < -0.3 is 0 Å². The van der Waals surface area contributed by atoms with Gasteiger partial charge in [-0.1, -0.05) is 64.0 Å². The van der Waals surface area contributed by atoms with Crippen LogP contribution in [0.3, 0.4) is 0 Å². The molecule has 1 rings (SSSR count). The summed E-state index contributed by atoms with van der Waals surface area (Å²) in [5.41, 5.74) is 1.75. The molecule has 0 spiro atoms. The Morgan fingerprint density at radius 3 is 2.29 bits per heavy atom. The number of nitrogens with zero attached hydrogens (tertiary/aromatic N) is 2. The van der Waals surface area contributed by atoms with E-state index in [4.69, 9.17) is 11.6 Å². The Morgan fingerprint density at radius 1 is 1.10 bits per heavy atom. The van der Waals surface area contributed by atoms with Gasteiger partial charge in [0.1, 0.15) is 5.78 Å². The van der Waals surface area contributed by atoms with Crippen LogP contribution in [0.5, 0.6) is 0 Å². The highest BCUT2D eigenvalue weighted by Gasteiger charge is 2.15. The number of carbonyl (C=O) groups is 1. The molecule has 1 aromatic rings. The molecule has 0 fully saturated rings. The van der Waals surface area contributed by atoms with E-state index in [0.29, 0.717) is 17.9 Å². The average Bonchev–Trinajstić information content (AvgIpc) is 2.73. The Bertz CT molecular complexity index is 440. The van der Waals surface area contributed by atoms with Gasteiger partial charge in [-0.25, -0.2) is 0 Å². The van der Waals surface area contributed by atoms with E-state index < -0.39 is 0 Å². The van der Waals surface area contributed by atoms with Crippen LogP contribution in [0.25, 0.3) is 0 Å². The van der Waals surface area contributed by atoms with Gasteiger partial charge in [0.25, 0.3) is 0 Å². The minimum Gasteiger partial charge on any atom is -0.299 e. The van der Waals surface area contributed by atoms with Crippen LogP contribution in [0.1, 0.15) is 76.6 Å². The molecule has 0 aliphatic heterocycles. The summed E-state index contributed by atoms with van der Waals surface area (Å²) in [6, 6.07) is 0. The van der Waals surface area contributed by atoms with Crippen LogP contribution >= 0.6 is 11.6 Å². The van der Waals surface area contributed by atoms with Crippen LogP contribution in [0.2, 0.25) is 5.02 Å². The van der Waals surface area contributed by atoms with Crippen molar-refractivity contribution in [3.05, 3.63) is 16.4 Å². The third kappa shape index (κ3) is 6.21. The smallest absolute Gasteiger partial charge is 0.138 e. The maximum atomic E-state index is 12.0. The van der Waals surface area contributed by atoms with Crippen LogP contribution in [-0.2, 0) is 24.7 Å². The number of hydrogen-bond acceptors (Lipinski definition) is 2. The van der Waals surface area contributed by atoms with Gasteiger partial charge >= 0.3 is 0 Å². The molecule has 0 saturated heterocycles.